The number of halogens is 1. The van der Waals surface area contributed by atoms with Crippen LogP contribution in [-0.2, 0) is 9.53 Å². The molecular weight excluding hydrogens is 240 g/mol. The average Bonchev–Trinajstić information content (AvgIpc) is 3.03. The van der Waals surface area contributed by atoms with Crippen LogP contribution < -0.4 is 5.32 Å². The molecule has 4 nitrogen and oxygen atoms in total. The summed E-state index contributed by atoms with van der Waals surface area (Å²) >= 11 is 0. The normalized spacial score (nSPS) is 24.3. The Balaban J connectivity index is 0.00000144. The first kappa shape index (κ1) is 14.7. The van der Waals surface area contributed by atoms with E-state index in [1.54, 1.807) is 0 Å². The van der Waals surface area contributed by atoms with Crippen molar-refractivity contribution in [2.24, 2.45) is 0 Å². The van der Waals surface area contributed by atoms with Gasteiger partial charge in [0.05, 0.1) is 13.2 Å². The van der Waals surface area contributed by atoms with Crippen LogP contribution in [0.15, 0.2) is 0 Å². The summed E-state index contributed by atoms with van der Waals surface area (Å²) in [6, 6.07) is 1.04. The average molecular weight is 263 g/mol. The molecule has 1 saturated heterocycles. The van der Waals surface area contributed by atoms with Gasteiger partial charge in [-0.1, -0.05) is 0 Å². The van der Waals surface area contributed by atoms with Crippen LogP contribution in [0.3, 0.4) is 0 Å². The zero-order valence-electron chi connectivity index (χ0n) is 10.6. The van der Waals surface area contributed by atoms with Gasteiger partial charge in [0, 0.05) is 31.1 Å². The Kier molecular flexibility index (Phi) is 5.70. The number of hydrogen-bond donors (Lipinski definition) is 1. The van der Waals surface area contributed by atoms with E-state index in [0.717, 1.165) is 13.2 Å². The lowest BCUT2D eigenvalue weighted by Crippen LogP contribution is -2.47. The molecule has 5 heteroatoms. The predicted molar refractivity (Wildman–Crippen MR) is 69.5 cm³/mol. The van der Waals surface area contributed by atoms with Gasteiger partial charge < -0.3 is 15.0 Å². The first-order chi connectivity index (χ1) is 7.68. The molecule has 2 aliphatic rings. The smallest absolute Gasteiger partial charge is 0.224 e. The number of rotatable bonds is 4. The molecule has 0 aromatic carbocycles. The second-order valence-corrected chi connectivity index (χ2v) is 5.06. The van der Waals surface area contributed by atoms with Crippen molar-refractivity contribution in [1.29, 1.82) is 0 Å². The van der Waals surface area contributed by atoms with Crippen molar-refractivity contribution in [3.05, 3.63) is 0 Å². The summed E-state index contributed by atoms with van der Waals surface area (Å²) < 4.78 is 5.37. The molecule has 0 spiro atoms. The summed E-state index contributed by atoms with van der Waals surface area (Å²) in [6.45, 7) is 6.49. The summed E-state index contributed by atoms with van der Waals surface area (Å²) in [5, 5.41) is 3.33. The summed E-state index contributed by atoms with van der Waals surface area (Å²) in [5.41, 5.74) is 0. The standard InChI is InChI=1S/C12H22N2O2.ClH/c1-9(2)14(11-3-4-11)12(15)7-10-8-16-6-5-13-10;/h9-11,13H,3-8H2,1-2H3;1H. The van der Waals surface area contributed by atoms with Gasteiger partial charge in [0.2, 0.25) is 5.91 Å². The van der Waals surface area contributed by atoms with E-state index in [-0.39, 0.29) is 24.4 Å². The van der Waals surface area contributed by atoms with Crippen molar-refractivity contribution >= 4 is 18.3 Å². The molecule has 1 unspecified atom stereocenters. The molecule has 2 rings (SSSR count). The van der Waals surface area contributed by atoms with Gasteiger partial charge in [-0.15, -0.1) is 12.4 Å². The first-order valence-electron chi connectivity index (χ1n) is 6.30. The van der Waals surface area contributed by atoms with Crippen molar-refractivity contribution in [3.8, 4) is 0 Å². The summed E-state index contributed by atoms with van der Waals surface area (Å²) in [6.07, 6.45) is 2.94. The summed E-state index contributed by atoms with van der Waals surface area (Å²) in [5.74, 6) is 0.278. The van der Waals surface area contributed by atoms with Gasteiger partial charge in [0.25, 0.3) is 0 Å². The maximum absolute atomic E-state index is 12.2. The molecule has 1 N–H and O–H groups in total. The van der Waals surface area contributed by atoms with E-state index in [1.807, 2.05) is 0 Å². The Bertz CT molecular complexity index is 249. The summed E-state index contributed by atoms with van der Waals surface area (Å²) in [7, 11) is 0. The van der Waals surface area contributed by atoms with Gasteiger partial charge in [-0.3, -0.25) is 4.79 Å². The Morgan fingerprint density at radius 2 is 2.18 bits per heavy atom. The summed E-state index contributed by atoms with van der Waals surface area (Å²) in [4.78, 5) is 14.2. The second kappa shape index (κ2) is 6.57. The maximum Gasteiger partial charge on any atom is 0.224 e. The largest absolute Gasteiger partial charge is 0.378 e. The lowest BCUT2D eigenvalue weighted by molar-refractivity contribution is -0.134. The molecule has 1 saturated carbocycles. The minimum absolute atomic E-state index is 0. The molecule has 1 aliphatic carbocycles. The highest BCUT2D eigenvalue weighted by Gasteiger charge is 2.34. The number of hydrogen-bond acceptors (Lipinski definition) is 3. The van der Waals surface area contributed by atoms with E-state index in [1.165, 1.54) is 12.8 Å². The molecule has 100 valence electrons. The van der Waals surface area contributed by atoms with Crippen LogP contribution >= 0.6 is 12.4 Å². The fraction of sp³-hybridized carbons (Fsp3) is 0.917. The number of nitrogens with zero attached hydrogens (tertiary/aromatic N) is 1. The maximum atomic E-state index is 12.2. The monoisotopic (exact) mass is 262 g/mol. The van der Waals surface area contributed by atoms with Gasteiger partial charge >= 0.3 is 0 Å². The highest BCUT2D eigenvalue weighted by atomic mass is 35.5. The Morgan fingerprint density at radius 1 is 1.47 bits per heavy atom. The lowest BCUT2D eigenvalue weighted by atomic mass is 10.1. The third kappa shape index (κ3) is 4.12. The number of carbonyl (C=O) groups is 1. The highest BCUT2D eigenvalue weighted by molar-refractivity contribution is 5.85. The minimum Gasteiger partial charge on any atom is -0.378 e. The second-order valence-electron chi connectivity index (χ2n) is 5.06. The molecule has 1 atom stereocenters. The Hall–Kier alpha value is -0.320. The van der Waals surface area contributed by atoms with Crippen LogP contribution in [0, 0.1) is 0 Å². The van der Waals surface area contributed by atoms with Crippen LogP contribution in [-0.4, -0.2) is 48.7 Å². The number of carbonyl (C=O) groups excluding carboxylic acids is 1. The van der Waals surface area contributed by atoms with Crippen LogP contribution in [0.25, 0.3) is 0 Å². The minimum atomic E-state index is 0. The SMILES string of the molecule is CC(C)N(C(=O)CC1COCCN1)C1CC1.Cl. The molecule has 0 radical (unpaired) electrons. The van der Waals surface area contributed by atoms with E-state index in [0.29, 0.717) is 25.1 Å². The van der Waals surface area contributed by atoms with E-state index in [4.69, 9.17) is 4.74 Å². The van der Waals surface area contributed by atoms with Gasteiger partial charge in [-0.25, -0.2) is 0 Å². The lowest BCUT2D eigenvalue weighted by Gasteiger charge is -2.30. The molecule has 1 aliphatic heterocycles. The van der Waals surface area contributed by atoms with Crippen molar-refractivity contribution in [3.63, 3.8) is 0 Å². The predicted octanol–water partition coefficient (Wildman–Crippen LogP) is 1.19. The third-order valence-corrected chi connectivity index (χ3v) is 3.20. The van der Waals surface area contributed by atoms with Gasteiger partial charge in [0.1, 0.15) is 0 Å². The van der Waals surface area contributed by atoms with Crippen molar-refractivity contribution in [1.82, 2.24) is 10.2 Å². The quantitative estimate of drug-likeness (QED) is 0.828. The van der Waals surface area contributed by atoms with E-state index < -0.39 is 0 Å². The molecule has 0 aromatic rings. The fourth-order valence-corrected chi connectivity index (χ4v) is 2.33. The molecule has 17 heavy (non-hydrogen) atoms. The molecule has 0 aromatic heterocycles. The van der Waals surface area contributed by atoms with E-state index >= 15 is 0 Å². The Morgan fingerprint density at radius 3 is 2.65 bits per heavy atom. The van der Waals surface area contributed by atoms with Gasteiger partial charge in [0.15, 0.2) is 0 Å². The number of nitrogens with one attached hydrogen (secondary N) is 1. The fourth-order valence-electron chi connectivity index (χ4n) is 2.33. The van der Waals surface area contributed by atoms with Crippen LogP contribution in [0.5, 0.6) is 0 Å². The molecule has 0 bridgehead atoms. The van der Waals surface area contributed by atoms with Crippen LogP contribution in [0.1, 0.15) is 33.1 Å². The van der Waals surface area contributed by atoms with E-state index in [2.05, 4.69) is 24.1 Å². The number of morpholine rings is 1. The molecule has 1 heterocycles. The van der Waals surface area contributed by atoms with Crippen LogP contribution in [0.4, 0.5) is 0 Å². The van der Waals surface area contributed by atoms with Crippen LogP contribution in [0.2, 0.25) is 0 Å². The van der Waals surface area contributed by atoms with Gasteiger partial charge in [-0.05, 0) is 26.7 Å². The number of amides is 1. The molecular formula is C12H23ClN2O2. The molecule has 2 fully saturated rings. The number of ether oxygens (including phenoxy) is 1. The zero-order valence-corrected chi connectivity index (χ0v) is 11.5. The molecule has 1 amide bonds. The zero-order chi connectivity index (χ0) is 11.5. The van der Waals surface area contributed by atoms with Crippen molar-refractivity contribution < 1.29 is 9.53 Å². The van der Waals surface area contributed by atoms with Gasteiger partial charge in [-0.2, -0.15) is 0 Å². The van der Waals surface area contributed by atoms with E-state index in [9.17, 15) is 4.79 Å². The Labute approximate surface area is 109 Å². The first-order valence-corrected chi connectivity index (χ1v) is 6.30. The topological polar surface area (TPSA) is 41.6 Å². The third-order valence-electron chi connectivity index (χ3n) is 3.20. The van der Waals surface area contributed by atoms with Crippen molar-refractivity contribution in [2.75, 3.05) is 19.8 Å². The van der Waals surface area contributed by atoms with Crippen molar-refractivity contribution in [2.45, 2.75) is 51.2 Å². The highest BCUT2D eigenvalue weighted by Crippen LogP contribution is 2.29.